The maximum Gasteiger partial charge on any atom is 0.309 e. The first-order valence-corrected chi connectivity index (χ1v) is 22.0. The Labute approximate surface area is 354 Å². The lowest BCUT2D eigenvalue weighted by atomic mass is 9.80. The van der Waals surface area contributed by atoms with Crippen LogP contribution in [0.3, 0.4) is 0 Å². The van der Waals surface area contributed by atoms with Crippen molar-refractivity contribution < 1.29 is 24.3 Å². The van der Waals surface area contributed by atoms with Gasteiger partial charge in [-0.15, -0.1) is 0 Å². The fourth-order valence-electron chi connectivity index (χ4n) is 11.3. The molecule has 0 spiro atoms. The number of nitrogens with zero attached hydrogens (tertiary/aromatic N) is 6. The van der Waals surface area contributed by atoms with Gasteiger partial charge in [-0.25, -0.2) is 4.98 Å². The molecule has 2 aromatic carbocycles. The Morgan fingerprint density at radius 1 is 1.00 bits per heavy atom. The van der Waals surface area contributed by atoms with Crippen molar-refractivity contribution in [2.75, 3.05) is 36.4 Å². The lowest BCUT2D eigenvalue weighted by Gasteiger charge is -2.32. The van der Waals surface area contributed by atoms with Gasteiger partial charge in [-0.05, 0) is 105 Å². The largest absolute Gasteiger partial charge is 0.481 e. The molecule has 3 amide bonds. The minimum atomic E-state index is -0.623. The van der Waals surface area contributed by atoms with Gasteiger partial charge in [-0.2, -0.15) is 5.10 Å². The third-order valence-electron chi connectivity index (χ3n) is 14.7. The molecular weight excluding hydrogens is 782 g/mol. The number of anilines is 2. The number of aryl methyl sites for hydroxylation is 1. The van der Waals surface area contributed by atoms with Crippen molar-refractivity contribution in [2.24, 2.45) is 17.9 Å². The van der Waals surface area contributed by atoms with E-state index in [1.807, 2.05) is 52.7 Å². The van der Waals surface area contributed by atoms with Crippen LogP contribution in [-0.4, -0.2) is 85.2 Å². The van der Waals surface area contributed by atoms with Crippen LogP contribution >= 0.6 is 11.6 Å². The van der Waals surface area contributed by atoms with Crippen molar-refractivity contribution in [3.05, 3.63) is 81.7 Å². The van der Waals surface area contributed by atoms with Gasteiger partial charge < -0.3 is 30.5 Å². The van der Waals surface area contributed by atoms with Crippen molar-refractivity contribution in [2.45, 2.75) is 102 Å². The fraction of sp³-hybridized carbons (Fsp3) is 0.511. The van der Waals surface area contributed by atoms with Gasteiger partial charge >= 0.3 is 5.97 Å². The zero-order valence-corrected chi connectivity index (χ0v) is 34.8. The van der Waals surface area contributed by atoms with Gasteiger partial charge in [-0.1, -0.05) is 35.9 Å². The second kappa shape index (κ2) is 15.1. The summed E-state index contributed by atoms with van der Waals surface area (Å²) in [5.41, 5.74) is 7.02. The van der Waals surface area contributed by atoms with Crippen LogP contribution in [0.2, 0.25) is 5.02 Å². The highest BCUT2D eigenvalue weighted by Gasteiger charge is 2.57. The van der Waals surface area contributed by atoms with E-state index in [0.717, 1.165) is 123 Å². The smallest absolute Gasteiger partial charge is 0.309 e. The van der Waals surface area contributed by atoms with Crippen molar-refractivity contribution in [1.82, 2.24) is 34.9 Å². The molecule has 4 N–H and O–H groups in total. The number of nitrogens with one attached hydrogen (secondary N) is 3. The molecule has 2 bridgehead atoms. The van der Waals surface area contributed by atoms with E-state index < -0.39 is 11.4 Å². The molecule has 314 valence electrons. The quantitative estimate of drug-likeness (QED) is 0.144. The SMILES string of the molecule is Cn1c(C(=O)Nc2cccc(-c3cccc4c3CCN4C(=O)c3cc4n(n3)CCCC4NC[C@@H]3CCC(=O)N3)c2Cl)nc2c1CCN(CCC13CCC(C(=O)O)(CC1)C3)C2. The normalized spacial score (nSPS) is 25.6. The molecule has 4 aromatic rings. The standard InChI is InChI=1S/C45H52ClN9O5/c1-52-36-13-20-53(22-18-44-14-16-45(26-44,17-15-44)43(59)60)25-34(36)49-40(52)41(57)50-32-7-2-6-30(39(32)46)28-5-3-9-35-29(28)12-21-54(35)42(58)33-23-37-31(8-4-19-55(37)51-33)47-24-27-10-11-38(56)48-27/h2-3,5-7,9,23,27,31,47H,4,8,10-22,24-26H2,1H3,(H,48,56)(H,50,57)(H,59,60)/t27-,31?,44?,45?/m0/s1. The van der Waals surface area contributed by atoms with E-state index in [0.29, 0.717) is 54.7 Å². The first-order chi connectivity index (χ1) is 29.0. The maximum atomic E-state index is 14.1. The topological polar surface area (TPSA) is 167 Å². The van der Waals surface area contributed by atoms with E-state index in [9.17, 15) is 24.3 Å². The molecule has 3 fully saturated rings. The van der Waals surface area contributed by atoms with E-state index in [-0.39, 0.29) is 35.2 Å². The van der Waals surface area contributed by atoms with Crippen molar-refractivity contribution in [3.63, 3.8) is 0 Å². The summed E-state index contributed by atoms with van der Waals surface area (Å²) in [5, 5.41) is 24.7. The number of benzene rings is 2. The summed E-state index contributed by atoms with van der Waals surface area (Å²) in [4.78, 5) is 60.7. The molecule has 2 atom stereocenters. The van der Waals surface area contributed by atoms with Gasteiger partial charge in [0.05, 0.1) is 27.5 Å². The number of halogens is 1. The third kappa shape index (κ3) is 6.80. The molecular formula is C45H52ClN9O5. The molecule has 60 heavy (non-hydrogen) atoms. The fourth-order valence-corrected chi connectivity index (χ4v) is 11.6. The molecule has 14 nitrogen and oxygen atoms in total. The Morgan fingerprint density at radius 2 is 1.82 bits per heavy atom. The third-order valence-corrected chi connectivity index (χ3v) is 15.1. The molecule has 2 saturated carbocycles. The predicted octanol–water partition coefficient (Wildman–Crippen LogP) is 5.88. The second-order valence-electron chi connectivity index (χ2n) is 18.1. The Bertz CT molecular complexity index is 2410. The number of rotatable bonds is 11. The molecule has 2 aliphatic carbocycles. The highest BCUT2D eigenvalue weighted by molar-refractivity contribution is 6.36. The molecule has 1 unspecified atom stereocenters. The van der Waals surface area contributed by atoms with Crippen LogP contribution in [0, 0.1) is 10.8 Å². The number of hydrogen-bond donors (Lipinski definition) is 4. The number of aromatic nitrogens is 4. The van der Waals surface area contributed by atoms with Crippen molar-refractivity contribution >= 4 is 46.7 Å². The molecule has 15 heteroatoms. The Morgan fingerprint density at radius 3 is 2.60 bits per heavy atom. The van der Waals surface area contributed by atoms with Gasteiger partial charge in [0, 0.05) is 81.6 Å². The summed E-state index contributed by atoms with van der Waals surface area (Å²) in [6.45, 7) is 4.39. The number of amides is 3. The van der Waals surface area contributed by atoms with Gasteiger partial charge in [0.25, 0.3) is 11.8 Å². The number of fused-ring (bicyclic) bond motifs is 5. The van der Waals surface area contributed by atoms with Crippen LogP contribution in [0.5, 0.6) is 0 Å². The summed E-state index contributed by atoms with van der Waals surface area (Å²) in [7, 11) is 1.89. The average Bonchev–Trinajstić information content (AvgIpc) is 4.12. The van der Waals surface area contributed by atoms with Crippen molar-refractivity contribution in [1.29, 1.82) is 0 Å². The van der Waals surface area contributed by atoms with Crippen LogP contribution in [0.25, 0.3) is 11.1 Å². The summed E-state index contributed by atoms with van der Waals surface area (Å²) in [6.07, 6.45) is 10.1. The van der Waals surface area contributed by atoms with Gasteiger partial charge in [0.1, 0.15) is 0 Å². The highest BCUT2D eigenvalue weighted by atomic mass is 35.5. The van der Waals surface area contributed by atoms with E-state index in [2.05, 4.69) is 20.9 Å². The number of carbonyl (C=O) groups excluding carboxylic acids is 3. The molecule has 2 aromatic heterocycles. The van der Waals surface area contributed by atoms with Crippen LogP contribution in [-0.2, 0) is 42.6 Å². The molecule has 1 saturated heterocycles. The lowest BCUT2D eigenvalue weighted by Crippen LogP contribution is -2.38. The first kappa shape index (κ1) is 39.1. The molecule has 0 radical (unpaired) electrons. The van der Waals surface area contributed by atoms with Crippen LogP contribution in [0.1, 0.15) is 114 Å². The average molecular weight is 834 g/mol. The van der Waals surface area contributed by atoms with Gasteiger partial charge in [0.2, 0.25) is 5.91 Å². The number of carboxylic acid groups (broad SMARTS) is 1. The second-order valence-corrected chi connectivity index (χ2v) is 18.5. The summed E-state index contributed by atoms with van der Waals surface area (Å²) < 4.78 is 3.84. The Balaban J connectivity index is 0.814. The predicted molar refractivity (Wildman–Crippen MR) is 226 cm³/mol. The minimum absolute atomic E-state index is 0.0646. The summed E-state index contributed by atoms with van der Waals surface area (Å²) in [6, 6.07) is 13.6. The maximum absolute atomic E-state index is 14.1. The zero-order chi connectivity index (χ0) is 41.3. The monoisotopic (exact) mass is 833 g/mol. The van der Waals surface area contributed by atoms with Gasteiger partial charge in [-0.3, -0.25) is 28.8 Å². The molecule has 10 rings (SSSR count). The highest BCUT2D eigenvalue weighted by Crippen LogP contribution is 2.63. The number of carboxylic acids is 1. The molecule has 4 aliphatic heterocycles. The van der Waals surface area contributed by atoms with Crippen LogP contribution in [0.4, 0.5) is 11.4 Å². The van der Waals surface area contributed by atoms with E-state index in [1.54, 1.807) is 11.0 Å². The molecule has 6 heterocycles. The van der Waals surface area contributed by atoms with Crippen LogP contribution < -0.4 is 20.9 Å². The van der Waals surface area contributed by atoms with E-state index >= 15 is 0 Å². The summed E-state index contributed by atoms with van der Waals surface area (Å²) >= 11 is 7.12. The number of hydrogen-bond acceptors (Lipinski definition) is 8. The lowest BCUT2D eigenvalue weighted by molar-refractivity contribution is -0.148. The number of aliphatic carboxylic acids is 1. The summed E-state index contributed by atoms with van der Waals surface area (Å²) in [5.74, 6) is -0.666. The van der Waals surface area contributed by atoms with E-state index in [4.69, 9.17) is 21.7 Å². The van der Waals surface area contributed by atoms with Crippen molar-refractivity contribution in [3.8, 4) is 11.1 Å². The Kier molecular flexibility index (Phi) is 9.87. The van der Waals surface area contributed by atoms with Gasteiger partial charge in [0.15, 0.2) is 11.5 Å². The zero-order valence-electron chi connectivity index (χ0n) is 34.1. The molecule has 6 aliphatic rings. The number of carbonyl (C=O) groups is 4. The van der Waals surface area contributed by atoms with E-state index in [1.165, 1.54) is 0 Å². The first-order valence-electron chi connectivity index (χ1n) is 21.6. The Hall–Kier alpha value is -5.05. The number of imidazole rings is 1. The van der Waals surface area contributed by atoms with Crippen LogP contribution in [0.15, 0.2) is 42.5 Å². The minimum Gasteiger partial charge on any atom is -0.481 e.